The molecule has 2 saturated carbocycles. The number of nitrogens with zero attached hydrogens (tertiary/aromatic N) is 1. The van der Waals surface area contributed by atoms with Crippen molar-refractivity contribution in [2.45, 2.75) is 82.7 Å². The van der Waals surface area contributed by atoms with Gasteiger partial charge in [0.25, 0.3) is 0 Å². The normalized spacial score (nSPS) is 35.7. The Kier molecular flexibility index (Phi) is 5.08. The molecule has 2 nitrogen and oxygen atoms in total. The van der Waals surface area contributed by atoms with Crippen LogP contribution in [0.4, 0.5) is 0 Å². The minimum absolute atomic E-state index is 0.0960. The highest BCUT2D eigenvalue weighted by Crippen LogP contribution is 2.32. The van der Waals surface area contributed by atoms with Crippen LogP contribution in [0.1, 0.15) is 71.1 Å². The topological polar surface area (TPSA) is 29.3 Å². The van der Waals surface area contributed by atoms with Crippen LogP contribution in [0.2, 0.25) is 0 Å². The molecule has 0 aromatic heterocycles. The van der Waals surface area contributed by atoms with Crippen LogP contribution in [0.3, 0.4) is 0 Å². The van der Waals surface area contributed by atoms with E-state index in [-0.39, 0.29) is 5.54 Å². The van der Waals surface area contributed by atoms with Crippen molar-refractivity contribution in [3.63, 3.8) is 0 Å². The van der Waals surface area contributed by atoms with E-state index in [0.717, 1.165) is 18.5 Å². The molecule has 0 spiro atoms. The summed E-state index contributed by atoms with van der Waals surface area (Å²) in [6.45, 7) is 3.48. The Labute approximate surface area is 113 Å². The van der Waals surface area contributed by atoms with Gasteiger partial charge in [-0.1, -0.05) is 45.4 Å². The fourth-order valence-corrected chi connectivity index (χ4v) is 4.17. The maximum Gasteiger partial charge on any atom is 0.0285 e. The quantitative estimate of drug-likeness (QED) is 0.778. The van der Waals surface area contributed by atoms with Crippen molar-refractivity contribution < 1.29 is 0 Å². The van der Waals surface area contributed by atoms with Crippen molar-refractivity contribution in [1.29, 1.82) is 0 Å². The molecule has 2 atom stereocenters. The highest BCUT2D eigenvalue weighted by Gasteiger charge is 2.33. The number of hydrogen-bond acceptors (Lipinski definition) is 2. The summed E-state index contributed by atoms with van der Waals surface area (Å²) in [6.07, 6.45) is 13.7. The van der Waals surface area contributed by atoms with Gasteiger partial charge in [0.2, 0.25) is 0 Å². The first-order chi connectivity index (χ1) is 8.59. The predicted molar refractivity (Wildman–Crippen MR) is 78.7 cm³/mol. The van der Waals surface area contributed by atoms with Gasteiger partial charge in [0.05, 0.1) is 0 Å². The monoisotopic (exact) mass is 252 g/mol. The summed E-state index contributed by atoms with van der Waals surface area (Å²) >= 11 is 0. The molecule has 106 valence electrons. The lowest BCUT2D eigenvalue weighted by Crippen LogP contribution is -2.53. The maximum absolute atomic E-state index is 6.65. The van der Waals surface area contributed by atoms with E-state index in [2.05, 4.69) is 18.9 Å². The van der Waals surface area contributed by atoms with Gasteiger partial charge in [0.1, 0.15) is 0 Å². The summed E-state index contributed by atoms with van der Waals surface area (Å²) in [5, 5.41) is 0. The Morgan fingerprint density at radius 3 is 2.33 bits per heavy atom. The van der Waals surface area contributed by atoms with Gasteiger partial charge in [-0.05, 0) is 38.6 Å². The molecule has 18 heavy (non-hydrogen) atoms. The Morgan fingerprint density at radius 2 is 1.72 bits per heavy atom. The maximum atomic E-state index is 6.65. The first-order valence-electron chi connectivity index (χ1n) is 8.08. The molecule has 0 heterocycles. The van der Waals surface area contributed by atoms with Crippen molar-refractivity contribution in [3.8, 4) is 0 Å². The number of nitrogens with two attached hydrogens (primary N) is 1. The van der Waals surface area contributed by atoms with Crippen molar-refractivity contribution >= 4 is 0 Å². The molecule has 0 aromatic carbocycles. The Bertz CT molecular complexity index is 245. The zero-order valence-electron chi connectivity index (χ0n) is 12.5. The Morgan fingerprint density at radius 1 is 1.06 bits per heavy atom. The van der Waals surface area contributed by atoms with Gasteiger partial charge in [-0.25, -0.2) is 0 Å². The van der Waals surface area contributed by atoms with E-state index < -0.39 is 0 Å². The van der Waals surface area contributed by atoms with Gasteiger partial charge < -0.3 is 10.6 Å². The smallest absolute Gasteiger partial charge is 0.0285 e. The van der Waals surface area contributed by atoms with E-state index in [1.165, 1.54) is 64.2 Å². The molecule has 2 rings (SSSR count). The Hall–Kier alpha value is -0.0800. The lowest BCUT2D eigenvalue weighted by Gasteiger charge is -2.41. The highest BCUT2D eigenvalue weighted by atomic mass is 15.1. The first-order valence-corrected chi connectivity index (χ1v) is 8.08. The summed E-state index contributed by atoms with van der Waals surface area (Å²) in [7, 11) is 2.31. The summed E-state index contributed by atoms with van der Waals surface area (Å²) in [6, 6.07) is 0.796. The van der Waals surface area contributed by atoms with E-state index >= 15 is 0 Å². The van der Waals surface area contributed by atoms with Crippen molar-refractivity contribution in [2.24, 2.45) is 11.7 Å². The van der Waals surface area contributed by atoms with Crippen LogP contribution in [-0.4, -0.2) is 30.1 Å². The second-order valence-corrected chi connectivity index (χ2v) is 7.12. The minimum atomic E-state index is 0.0960. The van der Waals surface area contributed by atoms with Crippen molar-refractivity contribution in [1.82, 2.24) is 4.90 Å². The summed E-state index contributed by atoms with van der Waals surface area (Å²) in [5.41, 5.74) is 6.75. The molecule has 2 aliphatic carbocycles. The average Bonchev–Trinajstić information content (AvgIpc) is 2.56. The van der Waals surface area contributed by atoms with Gasteiger partial charge in [-0.2, -0.15) is 0 Å². The molecular weight excluding hydrogens is 220 g/mol. The third kappa shape index (κ3) is 3.96. The fraction of sp³-hybridized carbons (Fsp3) is 1.00. The van der Waals surface area contributed by atoms with Crippen LogP contribution in [0, 0.1) is 5.92 Å². The molecule has 0 radical (unpaired) electrons. The molecule has 2 heteroatoms. The van der Waals surface area contributed by atoms with E-state index in [4.69, 9.17) is 5.73 Å². The molecule has 2 N–H and O–H groups in total. The molecule has 2 fully saturated rings. The fourth-order valence-electron chi connectivity index (χ4n) is 4.17. The Balaban J connectivity index is 1.86. The van der Waals surface area contributed by atoms with Crippen molar-refractivity contribution in [3.05, 3.63) is 0 Å². The molecular formula is C16H32N2. The number of hydrogen-bond donors (Lipinski definition) is 1. The zero-order valence-corrected chi connectivity index (χ0v) is 12.5. The summed E-state index contributed by atoms with van der Waals surface area (Å²) < 4.78 is 0. The lowest BCUT2D eigenvalue weighted by atomic mass is 9.76. The molecule has 0 amide bonds. The van der Waals surface area contributed by atoms with Crippen LogP contribution in [0.15, 0.2) is 0 Å². The van der Waals surface area contributed by atoms with E-state index in [1.807, 2.05) is 0 Å². The van der Waals surface area contributed by atoms with Crippen LogP contribution in [-0.2, 0) is 0 Å². The summed E-state index contributed by atoms with van der Waals surface area (Å²) in [5.74, 6) is 0.825. The average molecular weight is 252 g/mol. The summed E-state index contributed by atoms with van der Waals surface area (Å²) in [4.78, 5) is 2.59. The van der Waals surface area contributed by atoms with Gasteiger partial charge in [-0.15, -0.1) is 0 Å². The van der Waals surface area contributed by atoms with E-state index in [0.29, 0.717) is 0 Å². The second-order valence-electron chi connectivity index (χ2n) is 7.12. The van der Waals surface area contributed by atoms with Crippen LogP contribution in [0.25, 0.3) is 0 Å². The largest absolute Gasteiger partial charge is 0.324 e. The highest BCUT2D eigenvalue weighted by molar-refractivity contribution is 4.93. The molecule has 0 aromatic rings. The van der Waals surface area contributed by atoms with Gasteiger partial charge >= 0.3 is 0 Å². The van der Waals surface area contributed by atoms with Crippen LogP contribution < -0.4 is 5.73 Å². The molecule has 2 aliphatic rings. The van der Waals surface area contributed by atoms with Crippen molar-refractivity contribution in [2.75, 3.05) is 13.6 Å². The molecule has 2 unspecified atom stereocenters. The number of rotatable bonds is 3. The standard InChI is InChI=1S/C16H32N2/c1-14-8-7-11-16(17,12-14)13-18(2)15-9-5-3-4-6-10-15/h14-15H,3-13,17H2,1-2H3. The van der Waals surface area contributed by atoms with Crippen LogP contribution >= 0.6 is 0 Å². The first kappa shape index (κ1) is 14.3. The third-order valence-corrected chi connectivity index (χ3v) is 5.14. The zero-order chi connectivity index (χ0) is 13.0. The van der Waals surface area contributed by atoms with Gasteiger partial charge in [0.15, 0.2) is 0 Å². The molecule has 0 aliphatic heterocycles. The second kappa shape index (κ2) is 6.38. The van der Waals surface area contributed by atoms with Gasteiger partial charge in [-0.3, -0.25) is 0 Å². The number of likely N-dealkylation sites (N-methyl/N-ethyl adjacent to an activating group) is 1. The van der Waals surface area contributed by atoms with Gasteiger partial charge in [0, 0.05) is 18.1 Å². The lowest BCUT2D eigenvalue weighted by molar-refractivity contribution is 0.130. The van der Waals surface area contributed by atoms with Crippen LogP contribution in [0.5, 0.6) is 0 Å². The minimum Gasteiger partial charge on any atom is -0.324 e. The predicted octanol–water partition coefficient (Wildman–Crippen LogP) is 3.55. The van der Waals surface area contributed by atoms with E-state index in [1.54, 1.807) is 0 Å². The molecule has 0 saturated heterocycles. The molecule has 0 bridgehead atoms. The third-order valence-electron chi connectivity index (χ3n) is 5.14. The SMILES string of the molecule is CC1CCCC(N)(CN(C)C2CCCCCC2)C1. The van der Waals surface area contributed by atoms with E-state index in [9.17, 15) is 0 Å².